The Balaban J connectivity index is 1.68. The fourth-order valence-corrected chi connectivity index (χ4v) is 4.16. The van der Waals surface area contributed by atoms with E-state index in [1.165, 1.54) is 82.6 Å². The second-order valence-electron chi connectivity index (χ2n) is 7.25. The molecule has 0 heterocycles. The lowest BCUT2D eigenvalue weighted by molar-refractivity contribution is 0.310. The van der Waals surface area contributed by atoms with E-state index in [9.17, 15) is 0 Å². The normalized spacial score (nSPS) is 17.5. The van der Waals surface area contributed by atoms with E-state index in [2.05, 4.69) is 19.1 Å². The van der Waals surface area contributed by atoms with Crippen LogP contribution in [0.25, 0.3) is 0 Å². The maximum absolute atomic E-state index is 5.97. The van der Waals surface area contributed by atoms with Gasteiger partial charge in [-0.05, 0) is 42.4 Å². The van der Waals surface area contributed by atoms with Crippen LogP contribution in [0, 0.1) is 11.8 Å². The van der Waals surface area contributed by atoms with Gasteiger partial charge in [0.15, 0.2) is 0 Å². The van der Waals surface area contributed by atoms with E-state index in [1.54, 1.807) is 0 Å². The number of halogens is 1. The van der Waals surface area contributed by atoms with E-state index < -0.39 is 0 Å². The lowest BCUT2D eigenvalue weighted by atomic mass is 9.83. The summed E-state index contributed by atoms with van der Waals surface area (Å²) in [6.45, 7) is 2.33. The van der Waals surface area contributed by atoms with Gasteiger partial charge in [0.25, 0.3) is 0 Å². The van der Waals surface area contributed by atoms with Crippen LogP contribution in [0.1, 0.15) is 83.1 Å². The molecule has 1 aliphatic carbocycles. The van der Waals surface area contributed by atoms with Crippen molar-refractivity contribution in [3.8, 4) is 0 Å². The average Bonchev–Trinajstić information content (AvgIpc) is 2.55. The fraction of sp³-hybridized carbons (Fsp3) is 0.714. The minimum Gasteiger partial charge on any atom is -0.0843 e. The maximum Gasteiger partial charge on any atom is 0.0406 e. The third kappa shape index (κ3) is 6.73. The molecule has 124 valence electrons. The van der Waals surface area contributed by atoms with Gasteiger partial charge in [0.1, 0.15) is 0 Å². The molecule has 1 aromatic carbocycles. The van der Waals surface area contributed by atoms with Crippen molar-refractivity contribution in [1.82, 2.24) is 0 Å². The lowest BCUT2D eigenvalue weighted by Crippen LogP contribution is -2.08. The zero-order valence-corrected chi connectivity index (χ0v) is 15.1. The second-order valence-corrected chi connectivity index (χ2v) is 7.69. The second kappa shape index (κ2) is 10.3. The Bertz CT molecular complexity index is 389. The van der Waals surface area contributed by atoms with Crippen LogP contribution in [0.4, 0.5) is 0 Å². The highest BCUT2D eigenvalue weighted by atomic mass is 35.5. The van der Waals surface area contributed by atoms with E-state index in [4.69, 9.17) is 11.6 Å². The first-order valence-corrected chi connectivity index (χ1v) is 9.90. The van der Waals surface area contributed by atoms with Gasteiger partial charge in [-0.1, -0.05) is 94.9 Å². The van der Waals surface area contributed by atoms with E-state index in [0.717, 1.165) is 16.9 Å². The summed E-state index contributed by atoms with van der Waals surface area (Å²) in [5.41, 5.74) is 1.44. The summed E-state index contributed by atoms with van der Waals surface area (Å²) in [4.78, 5) is 0. The molecule has 0 bridgehead atoms. The van der Waals surface area contributed by atoms with Gasteiger partial charge in [0, 0.05) is 5.02 Å². The first-order chi connectivity index (χ1) is 10.8. The first-order valence-electron chi connectivity index (χ1n) is 9.52. The molecule has 1 unspecified atom stereocenters. The Kier molecular flexibility index (Phi) is 8.37. The monoisotopic (exact) mass is 320 g/mol. The molecule has 0 spiro atoms. The predicted octanol–water partition coefficient (Wildman–Crippen LogP) is 7.44. The van der Waals surface area contributed by atoms with Gasteiger partial charge in [0.05, 0.1) is 0 Å². The standard InChI is InChI=1S/C21H33Cl/c1-2-7-18(10-6-11-19-8-4-3-5-9-19)12-13-20-14-16-21(22)17-15-20/h14-19H,2-13H2,1H3. The zero-order valence-electron chi connectivity index (χ0n) is 14.3. The SMILES string of the molecule is CCCC(CCCC1CCCCC1)CCc1ccc(Cl)cc1. The molecule has 0 saturated heterocycles. The van der Waals surface area contributed by atoms with Gasteiger partial charge < -0.3 is 0 Å². The van der Waals surface area contributed by atoms with Gasteiger partial charge in [0.2, 0.25) is 0 Å². The van der Waals surface area contributed by atoms with Crippen molar-refractivity contribution in [3.05, 3.63) is 34.9 Å². The number of benzene rings is 1. The molecule has 0 radical (unpaired) electrons. The number of aryl methyl sites for hydroxylation is 1. The van der Waals surface area contributed by atoms with Gasteiger partial charge in [-0.25, -0.2) is 0 Å². The summed E-state index contributed by atoms with van der Waals surface area (Å²) < 4.78 is 0. The van der Waals surface area contributed by atoms with Crippen molar-refractivity contribution in [1.29, 1.82) is 0 Å². The van der Waals surface area contributed by atoms with Crippen LogP contribution >= 0.6 is 11.6 Å². The van der Waals surface area contributed by atoms with Crippen molar-refractivity contribution in [2.75, 3.05) is 0 Å². The minimum atomic E-state index is 0.848. The van der Waals surface area contributed by atoms with Crippen LogP contribution in [-0.2, 0) is 6.42 Å². The highest BCUT2D eigenvalue weighted by molar-refractivity contribution is 6.30. The van der Waals surface area contributed by atoms with Crippen molar-refractivity contribution in [2.24, 2.45) is 11.8 Å². The van der Waals surface area contributed by atoms with Crippen LogP contribution in [0.5, 0.6) is 0 Å². The molecular formula is C21H33Cl. The summed E-state index contributed by atoms with van der Waals surface area (Å²) in [6, 6.07) is 8.42. The summed E-state index contributed by atoms with van der Waals surface area (Å²) in [7, 11) is 0. The molecular weight excluding hydrogens is 288 g/mol. The van der Waals surface area contributed by atoms with Crippen LogP contribution in [0.3, 0.4) is 0 Å². The number of hydrogen-bond donors (Lipinski definition) is 0. The van der Waals surface area contributed by atoms with E-state index in [-0.39, 0.29) is 0 Å². The van der Waals surface area contributed by atoms with Crippen molar-refractivity contribution >= 4 is 11.6 Å². The smallest absolute Gasteiger partial charge is 0.0406 e. The molecule has 0 aliphatic heterocycles. The summed E-state index contributed by atoms with van der Waals surface area (Å²) in [5.74, 6) is 1.97. The topological polar surface area (TPSA) is 0 Å². The highest BCUT2D eigenvalue weighted by Gasteiger charge is 2.14. The van der Waals surface area contributed by atoms with E-state index in [1.807, 2.05) is 12.1 Å². The van der Waals surface area contributed by atoms with Gasteiger partial charge in [-0.3, -0.25) is 0 Å². The molecule has 1 aliphatic rings. The Morgan fingerprint density at radius 1 is 1.00 bits per heavy atom. The van der Waals surface area contributed by atoms with Crippen molar-refractivity contribution < 1.29 is 0 Å². The lowest BCUT2D eigenvalue weighted by Gasteiger charge is -2.23. The molecule has 2 rings (SSSR count). The van der Waals surface area contributed by atoms with Crippen molar-refractivity contribution in [2.45, 2.75) is 84.0 Å². The molecule has 0 aromatic heterocycles. The molecule has 0 amide bonds. The Morgan fingerprint density at radius 2 is 1.73 bits per heavy atom. The fourth-order valence-electron chi connectivity index (χ4n) is 4.03. The zero-order chi connectivity index (χ0) is 15.6. The third-order valence-electron chi connectivity index (χ3n) is 5.40. The highest BCUT2D eigenvalue weighted by Crippen LogP contribution is 2.29. The molecule has 1 saturated carbocycles. The average molecular weight is 321 g/mol. The maximum atomic E-state index is 5.97. The first kappa shape index (κ1) is 17.9. The van der Waals surface area contributed by atoms with Gasteiger partial charge >= 0.3 is 0 Å². The minimum absolute atomic E-state index is 0.848. The molecule has 1 aromatic rings. The van der Waals surface area contributed by atoms with Crippen LogP contribution < -0.4 is 0 Å². The molecule has 0 N–H and O–H groups in total. The summed E-state index contributed by atoms with van der Waals surface area (Å²) in [6.07, 6.45) is 17.1. The molecule has 0 nitrogen and oxygen atoms in total. The Labute approximate surface area is 142 Å². The largest absolute Gasteiger partial charge is 0.0843 e. The van der Waals surface area contributed by atoms with Crippen LogP contribution in [-0.4, -0.2) is 0 Å². The van der Waals surface area contributed by atoms with Crippen molar-refractivity contribution in [3.63, 3.8) is 0 Å². The predicted molar refractivity (Wildman–Crippen MR) is 98.6 cm³/mol. The number of rotatable bonds is 9. The Hall–Kier alpha value is -0.490. The summed E-state index contributed by atoms with van der Waals surface area (Å²) >= 11 is 5.97. The summed E-state index contributed by atoms with van der Waals surface area (Å²) in [5, 5.41) is 0.848. The van der Waals surface area contributed by atoms with Gasteiger partial charge in [-0.15, -0.1) is 0 Å². The van der Waals surface area contributed by atoms with Gasteiger partial charge in [-0.2, -0.15) is 0 Å². The molecule has 1 heteroatoms. The Morgan fingerprint density at radius 3 is 2.41 bits per heavy atom. The van der Waals surface area contributed by atoms with E-state index in [0.29, 0.717) is 0 Å². The third-order valence-corrected chi connectivity index (χ3v) is 5.65. The van der Waals surface area contributed by atoms with Crippen LogP contribution in [0.2, 0.25) is 5.02 Å². The van der Waals surface area contributed by atoms with E-state index >= 15 is 0 Å². The molecule has 1 atom stereocenters. The quantitative estimate of drug-likeness (QED) is 0.443. The number of hydrogen-bond acceptors (Lipinski definition) is 0. The van der Waals surface area contributed by atoms with Crippen LogP contribution in [0.15, 0.2) is 24.3 Å². The molecule has 22 heavy (non-hydrogen) atoms. The molecule has 1 fully saturated rings.